The summed E-state index contributed by atoms with van der Waals surface area (Å²) in [6.45, 7) is 8.33. The Morgan fingerprint density at radius 3 is 2.89 bits per heavy atom. The van der Waals surface area contributed by atoms with Crippen LogP contribution in [0.25, 0.3) is 0 Å². The second kappa shape index (κ2) is 5.29. The van der Waals surface area contributed by atoms with E-state index in [-0.39, 0.29) is 11.5 Å². The molecule has 0 spiro atoms. The third kappa shape index (κ3) is 2.48. The van der Waals surface area contributed by atoms with E-state index in [1.807, 2.05) is 6.92 Å². The quantitative estimate of drug-likeness (QED) is 0.833. The van der Waals surface area contributed by atoms with Crippen molar-refractivity contribution in [3.05, 3.63) is 22.4 Å². The second-order valence-electron chi connectivity index (χ2n) is 5.64. The van der Waals surface area contributed by atoms with Crippen LogP contribution in [0.1, 0.15) is 32.8 Å². The summed E-state index contributed by atoms with van der Waals surface area (Å²) in [6, 6.07) is 2.11. The van der Waals surface area contributed by atoms with Gasteiger partial charge in [-0.25, -0.2) is 0 Å². The van der Waals surface area contributed by atoms with Gasteiger partial charge in [0.15, 0.2) is 0 Å². The molecule has 0 radical (unpaired) electrons. The Morgan fingerprint density at radius 1 is 1.56 bits per heavy atom. The summed E-state index contributed by atoms with van der Waals surface area (Å²) in [7, 11) is 0. The molecule has 3 nitrogen and oxygen atoms in total. The third-order valence-electron chi connectivity index (χ3n) is 4.22. The van der Waals surface area contributed by atoms with Gasteiger partial charge in [0.05, 0.1) is 11.7 Å². The molecule has 4 heteroatoms. The van der Waals surface area contributed by atoms with Gasteiger partial charge in [-0.1, -0.05) is 13.8 Å². The van der Waals surface area contributed by atoms with Crippen molar-refractivity contribution < 1.29 is 9.84 Å². The van der Waals surface area contributed by atoms with Crippen LogP contribution in [0, 0.1) is 5.41 Å². The van der Waals surface area contributed by atoms with E-state index < -0.39 is 5.60 Å². The van der Waals surface area contributed by atoms with Crippen molar-refractivity contribution in [1.82, 2.24) is 5.32 Å². The summed E-state index contributed by atoms with van der Waals surface area (Å²) in [6.07, 6.45) is 0.903. The van der Waals surface area contributed by atoms with Gasteiger partial charge in [-0.3, -0.25) is 0 Å². The maximum Gasteiger partial charge on any atom is 0.0871 e. The Kier molecular flexibility index (Phi) is 4.11. The molecule has 1 saturated carbocycles. The van der Waals surface area contributed by atoms with E-state index in [0.717, 1.165) is 13.0 Å². The van der Waals surface area contributed by atoms with Crippen molar-refractivity contribution in [2.24, 2.45) is 5.41 Å². The topological polar surface area (TPSA) is 41.5 Å². The molecule has 1 heterocycles. The molecule has 0 aromatic carbocycles. The summed E-state index contributed by atoms with van der Waals surface area (Å²) in [5.74, 6) is 0. The van der Waals surface area contributed by atoms with Gasteiger partial charge in [-0.2, -0.15) is 11.3 Å². The second-order valence-corrected chi connectivity index (χ2v) is 6.42. The van der Waals surface area contributed by atoms with Crippen LogP contribution in [0.5, 0.6) is 0 Å². The van der Waals surface area contributed by atoms with E-state index in [1.54, 1.807) is 11.3 Å². The predicted octanol–water partition coefficient (Wildman–Crippen LogP) is 2.40. The zero-order valence-electron chi connectivity index (χ0n) is 11.4. The van der Waals surface area contributed by atoms with Crippen molar-refractivity contribution in [3.63, 3.8) is 0 Å². The first-order valence-corrected chi connectivity index (χ1v) is 7.49. The molecular weight excluding hydrogens is 246 g/mol. The van der Waals surface area contributed by atoms with Crippen LogP contribution >= 0.6 is 11.3 Å². The van der Waals surface area contributed by atoms with Crippen molar-refractivity contribution in [1.29, 1.82) is 0 Å². The molecule has 102 valence electrons. The van der Waals surface area contributed by atoms with Crippen LogP contribution in [0.15, 0.2) is 16.8 Å². The smallest absolute Gasteiger partial charge is 0.0871 e. The fourth-order valence-corrected chi connectivity index (χ4v) is 3.24. The van der Waals surface area contributed by atoms with Crippen LogP contribution < -0.4 is 5.32 Å². The van der Waals surface area contributed by atoms with Crippen LogP contribution in [0.3, 0.4) is 0 Å². The van der Waals surface area contributed by atoms with Crippen LogP contribution in [0.4, 0.5) is 0 Å². The lowest BCUT2D eigenvalue weighted by atomic mass is 9.56. The van der Waals surface area contributed by atoms with Gasteiger partial charge in [-0.05, 0) is 29.3 Å². The molecule has 0 unspecified atom stereocenters. The Labute approximate surface area is 113 Å². The minimum atomic E-state index is -0.650. The number of nitrogens with one attached hydrogen (secondary N) is 1. The fourth-order valence-electron chi connectivity index (χ4n) is 2.57. The number of thiophene rings is 1. The minimum absolute atomic E-state index is 0.176. The number of hydrogen-bond donors (Lipinski definition) is 2. The molecule has 2 atom stereocenters. The lowest BCUT2D eigenvalue weighted by molar-refractivity contribution is -0.238. The van der Waals surface area contributed by atoms with E-state index >= 15 is 0 Å². The lowest BCUT2D eigenvalue weighted by Gasteiger charge is -2.58. The first kappa shape index (κ1) is 14.0. The fraction of sp³-hybridized carbons (Fsp3) is 0.714. The van der Waals surface area contributed by atoms with Gasteiger partial charge in [0.2, 0.25) is 0 Å². The molecule has 1 aliphatic carbocycles. The summed E-state index contributed by atoms with van der Waals surface area (Å²) < 4.78 is 5.65. The van der Waals surface area contributed by atoms with Crippen LogP contribution in [0.2, 0.25) is 0 Å². The van der Waals surface area contributed by atoms with Crippen LogP contribution in [-0.4, -0.2) is 30.0 Å². The number of rotatable bonds is 6. The van der Waals surface area contributed by atoms with Crippen LogP contribution in [-0.2, 0) is 11.3 Å². The zero-order chi connectivity index (χ0) is 13.2. The summed E-state index contributed by atoms with van der Waals surface area (Å²) >= 11 is 1.70. The first-order valence-electron chi connectivity index (χ1n) is 6.55. The molecule has 0 bridgehead atoms. The molecular formula is C14H23NO2S. The molecule has 1 fully saturated rings. The van der Waals surface area contributed by atoms with Gasteiger partial charge in [0.1, 0.15) is 0 Å². The highest BCUT2D eigenvalue weighted by atomic mass is 32.1. The highest BCUT2D eigenvalue weighted by molar-refractivity contribution is 7.07. The average molecular weight is 269 g/mol. The van der Waals surface area contributed by atoms with Crippen molar-refractivity contribution in [2.45, 2.75) is 45.4 Å². The van der Waals surface area contributed by atoms with Gasteiger partial charge >= 0.3 is 0 Å². The molecule has 18 heavy (non-hydrogen) atoms. The Balaban J connectivity index is 1.82. The monoisotopic (exact) mass is 269 g/mol. The molecule has 1 aliphatic rings. The largest absolute Gasteiger partial charge is 0.388 e. The molecule has 1 aromatic heterocycles. The minimum Gasteiger partial charge on any atom is -0.388 e. The van der Waals surface area contributed by atoms with E-state index in [2.05, 4.69) is 36.0 Å². The molecule has 1 aromatic rings. The molecule has 0 saturated heterocycles. The lowest BCUT2D eigenvalue weighted by Crippen LogP contribution is -2.68. The highest BCUT2D eigenvalue weighted by Gasteiger charge is 2.59. The Bertz CT molecular complexity index is 377. The maximum atomic E-state index is 10.6. The van der Waals surface area contributed by atoms with Gasteiger partial charge in [-0.15, -0.1) is 0 Å². The summed E-state index contributed by atoms with van der Waals surface area (Å²) in [4.78, 5) is 0. The summed E-state index contributed by atoms with van der Waals surface area (Å²) in [5.41, 5.74) is 0.454. The standard InChI is InChI=1S/C14H23NO2S/c1-4-17-12-7-14(16,13(12,2)3)10-15-8-11-5-6-18-9-11/h5-6,9,12,15-16H,4,7-8,10H2,1-3H3/t12-,14+/m0/s1. The van der Waals surface area contributed by atoms with Gasteiger partial charge in [0.25, 0.3) is 0 Å². The number of aliphatic hydroxyl groups is 1. The van der Waals surface area contributed by atoms with E-state index in [1.165, 1.54) is 5.56 Å². The number of hydrogen-bond acceptors (Lipinski definition) is 4. The normalized spacial score (nSPS) is 30.1. The summed E-state index contributed by atoms with van der Waals surface area (Å²) in [5, 5.41) is 18.2. The van der Waals surface area contributed by atoms with Crippen molar-refractivity contribution in [3.8, 4) is 0 Å². The van der Waals surface area contributed by atoms with Gasteiger partial charge in [0, 0.05) is 31.5 Å². The number of ether oxygens (including phenoxy) is 1. The first-order chi connectivity index (χ1) is 8.49. The van der Waals surface area contributed by atoms with E-state index in [4.69, 9.17) is 4.74 Å². The predicted molar refractivity (Wildman–Crippen MR) is 74.8 cm³/mol. The maximum absolute atomic E-state index is 10.6. The average Bonchev–Trinajstić information content (AvgIpc) is 2.82. The molecule has 0 aliphatic heterocycles. The van der Waals surface area contributed by atoms with E-state index in [0.29, 0.717) is 13.2 Å². The molecule has 2 rings (SSSR count). The SMILES string of the molecule is CCO[C@H]1C[C@@](O)(CNCc2ccsc2)C1(C)C. The zero-order valence-corrected chi connectivity index (χ0v) is 12.2. The van der Waals surface area contributed by atoms with Crippen molar-refractivity contribution in [2.75, 3.05) is 13.2 Å². The Hall–Kier alpha value is -0.420. The van der Waals surface area contributed by atoms with E-state index in [9.17, 15) is 5.11 Å². The van der Waals surface area contributed by atoms with Gasteiger partial charge < -0.3 is 15.2 Å². The molecule has 2 N–H and O–H groups in total. The highest BCUT2D eigenvalue weighted by Crippen LogP contribution is 2.50. The third-order valence-corrected chi connectivity index (χ3v) is 4.95. The Morgan fingerprint density at radius 2 is 2.33 bits per heavy atom. The molecule has 0 amide bonds. The van der Waals surface area contributed by atoms with Crippen molar-refractivity contribution >= 4 is 11.3 Å².